The summed E-state index contributed by atoms with van der Waals surface area (Å²) in [5.74, 6) is 0.649. The maximum absolute atomic E-state index is 13.5. The lowest BCUT2D eigenvalue weighted by atomic mass is 10.2. The Labute approximate surface area is 198 Å². The van der Waals surface area contributed by atoms with Crippen LogP contribution in [0.25, 0.3) is 11.2 Å². The molecule has 0 saturated carbocycles. The van der Waals surface area contributed by atoms with Gasteiger partial charge in [0.1, 0.15) is 0 Å². The molecule has 10 nitrogen and oxygen atoms in total. The number of anilines is 1. The van der Waals surface area contributed by atoms with Gasteiger partial charge in [-0.25, -0.2) is 4.79 Å². The zero-order valence-electron chi connectivity index (χ0n) is 17.9. The molecular formula is C21H27IN6O4. The molecule has 4 rings (SSSR count). The number of fused-ring (bicyclic) bond motifs is 1. The molecule has 1 saturated heterocycles. The number of hydrogen-bond acceptors (Lipinski definition) is 7. The Bertz CT molecular complexity index is 1230. The van der Waals surface area contributed by atoms with Gasteiger partial charge in [-0.1, -0.05) is 18.2 Å². The summed E-state index contributed by atoms with van der Waals surface area (Å²) >= 11 is 2.27. The van der Waals surface area contributed by atoms with Gasteiger partial charge < -0.3 is 20.4 Å². The molecule has 1 aromatic carbocycles. The van der Waals surface area contributed by atoms with Crippen LogP contribution in [0.2, 0.25) is 0 Å². The van der Waals surface area contributed by atoms with Crippen molar-refractivity contribution >= 4 is 39.7 Å². The van der Waals surface area contributed by atoms with E-state index in [2.05, 4.69) is 32.8 Å². The van der Waals surface area contributed by atoms with Crippen LogP contribution in [0.5, 0.6) is 0 Å². The molecule has 0 spiro atoms. The molecule has 3 aromatic rings. The summed E-state index contributed by atoms with van der Waals surface area (Å²) in [6.07, 6.45) is -0.266. The number of hydrogen-bond donors (Lipinski definition) is 3. The van der Waals surface area contributed by atoms with Crippen LogP contribution in [0.4, 0.5) is 5.95 Å². The van der Waals surface area contributed by atoms with Crippen molar-refractivity contribution in [1.82, 2.24) is 24.0 Å². The molecule has 1 fully saturated rings. The fourth-order valence-corrected chi connectivity index (χ4v) is 4.58. The Morgan fingerprint density at radius 2 is 1.97 bits per heavy atom. The van der Waals surface area contributed by atoms with E-state index in [9.17, 15) is 19.8 Å². The van der Waals surface area contributed by atoms with E-state index >= 15 is 0 Å². The van der Waals surface area contributed by atoms with E-state index in [-0.39, 0.29) is 6.54 Å². The van der Waals surface area contributed by atoms with Crippen molar-refractivity contribution in [2.24, 2.45) is 7.05 Å². The van der Waals surface area contributed by atoms with E-state index in [4.69, 9.17) is 4.98 Å². The molecule has 1 aliphatic heterocycles. The summed E-state index contributed by atoms with van der Waals surface area (Å²) in [5.41, 5.74) is 0.569. The molecule has 2 aromatic heterocycles. The Kier molecular flexibility index (Phi) is 6.98. The van der Waals surface area contributed by atoms with Gasteiger partial charge >= 0.3 is 5.69 Å². The highest BCUT2D eigenvalue weighted by Gasteiger charge is 2.25. The second-order valence-electron chi connectivity index (χ2n) is 7.95. The first-order valence-corrected chi connectivity index (χ1v) is 11.7. The van der Waals surface area contributed by atoms with Crippen molar-refractivity contribution < 1.29 is 10.2 Å². The molecule has 0 bridgehead atoms. The number of nitrogens with zero attached hydrogens (tertiary/aromatic N) is 5. The summed E-state index contributed by atoms with van der Waals surface area (Å²) in [4.78, 5) is 33.3. The third-order valence-corrected chi connectivity index (χ3v) is 6.78. The van der Waals surface area contributed by atoms with Gasteiger partial charge in [0.2, 0.25) is 5.95 Å². The van der Waals surface area contributed by atoms with Crippen LogP contribution in [0.15, 0.2) is 33.9 Å². The minimum Gasteiger partial charge on any atom is -0.394 e. The molecular weight excluding hydrogens is 527 g/mol. The fourth-order valence-electron chi connectivity index (χ4n) is 4.02. The second kappa shape index (κ2) is 9.73. The number of aliphatic hydroxyl groups excluding tert-OH is 2. The average Bonchev–Trinajstić information content (AvgIpc) is 2.96. The van der Waals surface area contributed by atoms with Gasteiger partial charge in [-0.3, -0.25) is 18.5 Å². The number of imidazole rings is 1. The Morgan fingerprint density at radius 1 is 1.19 bits per heavy atom. The van der Waals surface area contributed by atoms with Crippen molar-refractivity contribution in [2.45, 2.75) is 25.6 Å². The number of benzene rings is 1. The summed E-state index contributed by atoms with van der Waals surface area (Å²) in [5, 5.41) is 22.5. The lowest BCUT2D eigenvalue weighted by molar-refractivity contribution is 0.0791. The van der Waals surface area contributed by atoms with Gasteiger partial charge in [-0.2, -0.15) is 4.98 Å². The van der Waals surface area contributed by atoms with Crippen LogP contribution in [0.3, 0.4) is 0 Å². The van der Waals surface area contributed by atoms with Crippen LogP contribution in [-0.4, -0.2) is 67.8 Å². The van der Waals surface area contributed by atoms with Gasteiger partial charge in [0.05, 0.1) is 25.8 Å². The van der Waals surface area contributed by atoms with E-state index in [1.165, 1.54) is 4.57 Å². The molecule has 0 radical (unpaired) electrons. The van der Waals surface area contributed by atoms with Crippen molar-refractivity contribution in [3.63, 3.8) is 0 Å². The number of aromatic nitrogens is 4. The summed E-state index contributed by atoms with van der Waals surface area (Å²) in [6.45, 7) is 2.84. The highest BCUT2D eigenvalue weighted by atomic mass is 127. The van der Waals surface area contributed by atoms with Gasteiger partial charge in [0.25, 0.3) is 5.56 Å². The van der Waals surface area contributed by atoms with Crippen LogP contribution >= 0.6 is 22.6 Å². The maximum Gasteiger partial charge on any atom is 0.332 e. The van der Waals surface area contributed by atoms with Crippen molar-refractivity contribution in [1.29, 1.82) is 0 Å². The summed E-state index contributed by atoms with van der Waals surface area (Å²) < 4.78 is 5.26. The molecule has 0 amide bonds. The molecule has 1 aliphatic rings. The quantitative estimate of drug-likeness (QED) is 0.359. The number of aliphatic hydroxyl groups is 2. The number of rotatable bonds is 6. The zero-order chi connectivity index (χ0) is 22.8. The smallest absolute Gasteiger partial charge is 0.332 e. The Morgan fingerprint density at radius 3 is 2.72 bits per heavy atom. The van der Waals surface area contributed by atoms with Crippen molar-refractivity contribution in [3.8, 4) is 0 Å². The lowest BCUT2D eigenvalue weighted by Gasteiger charge is -2.22. The average molecular weight is 554 g/mol. The first-order valence-electron chi connectivity index (χ1n) is 10.6. The van der Waals surface area contributed by atoms with E-state index in [0.717, 1.165) is 46.3 Å². The molecule has 11 heteroatoms. The number of aryl methyl sites for hydroxylation is 1. The van der Waals surface area contributed by atoms with Gasteiger partial charge in [-0.05, 0) is 47.2 Å². The van der Waals surface area contributed by atoms with Gasteiger partial charge in [0, 0.05) is 30.3 Å². The van der Waals surface area contributed by atoms with Crippen molar-refractivity contribution in [2.75, 3.05) is 37.7 Å². The Balaban J connectivity index is 1.96. The van der Waals surface area contributed by atoms with Crippen LogP contribution in [0.1, 0.15) is 12.0 Å². The van der Waals surface area contributed by atoms with Crippen molar-refractivity contribution in [3.05, 3.63) is 54.2 Å². The van der Waals surface area contributed by atoms with Gasteiger partial charge in [-0.15, -0.1) is 0 Å². The van der Waals surface area contributed by atoms with Gasteiger partial charge in [0.15, 0.2) is 11.2 Å². The fraction of sp³-hybridized carbons (Fsp3) is 0.476. The number of halogens is 1. The second-order valence-corrected chi connectivity index (χ2v) is 9.11. The molecule has 3 N–H and O–H groups in total. The molecule has 32 heavy (non-hydrogen) atoms. The minimum absolute atomic E-state index is 0.283. The van der Waals surface area contributed by atoms with Crippen LogP contribution in [0, 0.1) is 3.57 Å². The standard InChI is InChI=1S/C21H27IN6O4/c1-25-18-17(19(31)28(21(25)32)12-15(30)13-29)27(11-14-5-2-3-6-16(14)22)20(24-18)26-9-4-7-23-8-10-26/h2-3,5-6,15,23,29-30H,4,7-13H2,1H3. The lowest BCUT2D eigenvalue weighted by Crippen LogP contribution is -2.42. The highest BCUT2D eigenvalue weighted by Crippen LogP contribution is 2.23. The monoisotopic (exact) mass is 554 g/mol. The maximum atomic E-state index is 13.5. The molecule has 1 atom stereocenters. The highest BCUT2D eigenvalue weighted by molar-refractivity contribution is 14.1. The molecule has 3 heterocycles. The summed E-state index contributed by atoms with van der Waals surface area (Å²) in [7, 11) is 1.57. The third-order valence-electron chi connectivity index (χ3n) is 5.73. The van der Waals surface area contributed by atoms with E-state index < -0.39 is 24.0 Å². The molecule has 172 valence electrons. The first-order chi connectivity index (χ1) is 15.4. The normalized spacial score (nSPS) is 15.8. The third kappa shape index (κ3) is 4.34. The number of nitrogens with one attached hydrogen (secondary N) is 1. The zero-order valence-corrected chi connectivity index (χ0v) is 20.0. The predicted octanol–water partition coefficient (Wildman–Crippen LogP) is -0.297. The van der Waals surface area contributed by atoms with Crippen LogP contribution < -0.4 is 21.5 Å². The first kappa shape index (κ1) is 23.0. The van der Waals surface area contributed by atoms with E-state index in [1.807, 2.05) is 28.8 Å². The summed E-state index contributed by atoms with van der Waals surface area (Å²) in [6, 6.07) is 7.94. The topological polar surface area (TPSA) is 118 Å². The van der Waals surface area contributed by atoms with E-state index in [1.54, 1.807) is 7.05 Å². The Hall–Kier alpha value is -2.22. The molecule has 1 unspecified atom stereocenters. The SMILES string of the molecule is Cn1c(=O)n(CC(O)CO)c(=O)c2c1nc(N1CCCNCC1)n2Cc1ccccc1I. The largest absolute Gasteiger partial charge is 0.394 e. The molecule has 0 aliphatic carbocycles. The minimum atomic E-state index is -1.21. The predicted molar refractivity (Wildman–Crippen MR) is 130 cm³/mol. The van der Waals surface area contributed by atoms with E-state index in [0.29, 0.717) is 23.7 Å². The van der Waals surface area contributed by atoms with Crippen LogP contribution in [-0.2, 0) is 20.1 Å².